The number of halogens is 1. The lowest BCUT2D eigenvalue weighted by Gasteiger charge is -2.23. The summed E-state index contributed by atoms with van der Waals surface area (Å²) in [6, 6.07) is 1.76. The van der Waals surface area contributed by atoms with E-state index >= 15 is 0 Å². The zero-order chi connectivity index (χ0) is 11.6. The molecule has 0 bridgehead atoms. The van der Waals surface area contributed by atoms with E-state index in [9.17, 15) is 8.42 Å². The van der Waals surface area contributed by atoms with Crippen molar-refractivity contribution in [3.8, 4) is 0 Å². The zero-order valence-electron chi connectivity index (χ0n) is 8.57. The van der Waals surface area contributed by atoms with Crippen molar-refractivity contribution in [1.82, 2.24) is 10.0 Å². The molecule has 2 N–H and O–H groups in total. The molecule has 1 atom stereocenters. The fourth-order valence-electron chi connectivity index (χ4n) is 1.70. The minimum absolute atomic E-state index is 0.00718. The van der Waals surface area contributed by atoms with Gasteiger partial charge >= 0.3 is 0 Å². The summed E-state index contributed by atoms with van der Waals surface area (Å²) in [5, 5.41) is 4.94. The van der Waals surface area contributed by atoms with Crippen LogP contribution in [-0.4, -0.2) is 27.5 Å². The number of sulfonamides is 1. The molecule has 90 valence electrons. The topological polar surface area (TPSA) is 58.2 Å². The second-order valence-corrected chi connectivity index (χ2v) is 7.40. The molecule has 0 spiro atoms. The van der Waals surface area contributed by atoms with Crippen molar-refractivity contribution >= 4 is 37.3 Å². The summed E-state index contributed by atoms with van der Waals surface area (Å²) < 4.78 is 27.8. The molecule has 2 heterocycles. The average molecular weight is 325 g/mol. The summed E-state index contributed by atoms with van der Waals surface area (Å²) in [5.74, 6) is 0. The molecule has 1 aromatic rings. The molecule has 0 amide bonds. The number of hydrogen-bond acceptors (Lipinski definition) is 4. The van der Waals surface area contributed by atoms with Crippen LogP contribution in [0.2, 0.25) is 0 Å². The van der Waals surface area contributed by atoms with Gasteiger partial charge in [0.2, 0.25) is 0 Å². The second-order valence-electron chi connectivity index (χ2n) is 3.72. The molecule has 1 fully saturated rings. The first kappa shape index (κ1) is 12.5. The molecule has 1 aliphatic rings. The summed E-state index contributed by atoms with van der Waals surface area (Å²) >= 11 is 4.47. The maximum absolute atomic E-state index is 12.0. The van der Waals surface area contributed by atoms with E-state index in [0.29, 0.717) is 15.2 Å². The van der Waals surface area contributed by atoms with Gasteiger partial charge in [0.25, 0.3) is 10.0 Å². The van der Waals surface area contributed by atoms with E-state index in [2.05, 4.69) is 26.0 Å². The van der Waals surface area contributed by atoms with Gasteiger partial charge in [0.1, 0.15) is 4.21 Å². The van der Waals surface area contributed by atoms with Gasteiger partial charge in [-0.1, -0.05) is 0 Å². The van der Waals surface area contributed by atoms with E-state index in [4.69, 9.17) is 0 Å². The summed E-state index contributed by atoms with van der Waals surface area (Å²) in [5.41, 5.74) is 0. The standard InChI is InChI=1S/C9H13BrN2O2S2/c10-8-3-5-15-9(8)16(13,14)12-7-2-1-4-11-6-7/h3,5,7,11-12H,1-2,4,6H2/t7-/m1/s1. The smallest absolute Gasteiger partial charge is 0.251 e. The molecule has 1 aliphatic heterocycles. The van der Waals surface area contributed by atoms with E-state index in [0.717, 1.165) is 19.4 Å². The first-order valence-corrected chi connectivity index (χ1v) is 8.21. The largest absolute Gasteiger partial charge is 0.315 e. The number of thiophene rings is 1. The normalized spacial score (nSPS) is 22.2. The van der Waals surface area contributed by atoms with Crippen molar-refractivity contribution in [3.63, 3.8) is 0 Å². The molecular weight excluding hydrogens is 312 g/mol. The van der Waals surface area contributed by atoms with Crippen LogP contribution in [0.3, 0.4) is 0 Å². The third-order valence-corrected chi connectivity index (χ3v) is 6.64. The Hall–Kier alpha value is 0.0500. The van der Waals surface area contributed by atoms with Crippen molar-refractivity contribution in [2.24, 2.45) is 0 Å². The molecule has 4 nitrogen and oxygen atoms in total. The minimum Gasteiger partial charge on any atom is -0.315 e. The Bertz CT molecular complexity index is 452. The number of hydrogen-bond donors (Lipinski definition) is 2. The van der Waals surface area contributed by atoms with Crippen LogP contribution in [-0.2, 0) is 10.0 Å². The van der Waals surface area contributed by atoms with Crippen molar-refractivity contribution in [1.29, 1.82) is 0 Å². The Kier molecular flexibility index (Phi) is 4.01. The zero-order valence-corrected chi connectivity index (χ0v) is 11.8. The van der Waals surface area contributed by atoms with Crippen LogP contribution in [0.1, 0.15) is 12.8 Å². The van der Waals surface area contributed by atoms with Gasteiger partial charge < -0.3 is 5.32 Å². The minimum atomic E-state index is -3.37. The van der Waals surface area contributed by atoms with Crippen LogP contribution in [0.25, 0.3) is 0 Å². The Balaban J connectivity index is 2.11. The van der Waals surface area contributed by atoms with E-state index in [1.807, 2.05) is 0 Å². The molecule has 1 saturated heterocycles. The lowest BCUT2D eigenvalue weighted by molar-refractivity contribution is 0.429. The van der Waals surface area contributed by atoms with Crippen molar-refractivity contribution in [2.45, 2.75) is 23.1 Å². The van der Waals surface area contributed by atoms with Gasteiger partial charge in [-0.3, -0.25) is 0 Å². The molecule has 0 aromatic carbocycles. The third-order valence-electron chi connectivity index (χ3n) is 2.45. The van der Waals surface area contributed by atoms with Crippen molar-refractivity contribution in [2.75, 3.05) is 13.1 Å². The maximum atomic E-state index is 12.0. The van der Waals surface area contributed by atoms with Crippen LogP contribution in [0.5, 0.6) is 0 Å². The molecule has 0 radical (unpaired) electrons. The highest BCUT2D eigenvalue weighted by Crippen LogP contribution is 2.27. The van der Waals surface area contributed by atoms with Crippen molar-refractivity contribution in [3.05, 3.63) is 15.9 Å². The highest BCUT2D eigenvalue weighted by molar-refractivity contribution is 9.10. The molecule has 0 unspecified atom stereocenters. The second kappa shape index (κ2) is 5.14. The van der Waals surface area contributed by atoms with Gasteiger partial charge in [0.05, 0.1) is 0 Å². The predicted octanol–water partition coefficient (Wildman–Crippen LogP) is 1.54. The number of nitrogens with one attached hydrogen (secondary N) is 2. The Morgan fingerprint density at radius 3 is 2.94 bits per heavy atom. The van der Waals surface area contributed by atoms with Gasteiger partial charge in [0.15, 0.2) is 0 Å². The summed E-state index contributed by atoms with van der Waals surface area (Å²) in [6.07, 6.45) is 1.91. The lowest BCUT2D eigenvalue weighted by atomic mass is 10.1. The van der Waals surface area contributed by atoms with E-state index < -0.39 is 10.0 Å². The van der Waals surface area contributed by atoms with E-state index in [-0.39, 0.29) is 6.04 Å². The number of piperidine rings is 1. The average Bonchev–Trinajstić information content (AvgIpc) is 2.66. The predicted molar refractivity (Wildman–Crippen MR) is 68.2 cm³/mol. The van der Waals surface area contributed by atoms with E-state index in [1.54, 1.807) is 11.4 Å². The maximum Gasteiger partial charge on any atom is 0.251 e. The fourth-order valence-corrected chi connectivity index (χ4v) is 5.32. The van der Waals surface area contributed by atoms with Crippen molar-refractivity contribution < 1.29 is 8.42 Å². The van der Waals surface area contributed by atoms with Gasteiger partial charge in [-0.25, -0.2) is 13.1 Å². The molecule has 7 heteroatoms. The number of rotatable bonds is 3. The van der Waals surface area contributed by atoms with Gasteiger partial charge in [-0.2, -0.15) is 0 Å². The first-order valence-electron chi connectivity index (χ1n) is 5.05. The monoisotopic (exact) mass is 324 g/mol. The molecule has 1 aromatic heterocycles. The Labute approximate surface area is 108 Å². The molecule has 0 aliphatic carbocycles. The summed E-state index contributed by atoms with van der Waals surface area (Å²) in [4.78, 5) is 0. The molecular formula is C9H13BrN2O2S2. The highest BCUT2D eigenvalue weighted by atomic mass is 79.9. The van der Waals surface area contributed by atoms with Crippen LogP contribution < -0.4 is 10.0 Å². The lowest BCUT2D eigenvalue weighted by Crippen LogP contribution is -2.45. The highest BCUT2D eigenvalue weighted by Gasteiger charge is 2.24. The summed E-state index contributed by atoms with van der Waals surface area (Å²) in [7, 11) is -3.37. The van der Waals surface area contributed by atoms with Crippen LogP contribution in [0.4, 0.5) is 0 Å². The fraction of sp³-hybridized carbons (Fsp3) is 0.556. The molecule has 16 heavy (non-hydrogen) atoms. The quantitative estimate of drug-likeness (QED) is 0.886. The molecule has 2 rings (SSSR count). The first-order chi connectivity index (χ1) is 7.59. The van der Waals surface area contributed by atoms with Crippen LogP contribution in [0, 0.1) is 0 Å². The SMILES string of the molecule is O=S(=O)(N[C@@H]1CCCNC1)c1sccc1Br. The third kappa shape index (κ3) is 2.84. The van der Waals surface area contributed by atoms with Crippen LogP contribution >= 0.6 is 27.3 Å². The van der Waals surface area contributed by atoms with Gasteiger partial charge in [0, 0.05) is 17.1 Å². The molecule has 0 saturated carbocycles. The Morgan fingerprint density at radius 2 is 2.38 bits per heavy atom. The summed E-state index contributed by atoms with van der Waals surface area (Å²) in [6.45, 7) is 1.68. The van der Waals surface area contributed by atoms with Gasteiger partial charge in [-0.15, -0.1) is 11.3 Å². The van der Waals surface area contributed by atoms with E-state index in [1.165, 1.54) is 11.3 Å². The van der Waals surface area contributed by atoms with Crippen LogP contribution in [0.15, 0.2) is 20.1 Å². The van der Waals surface area contributed by atoms with Gasteiger partial charge in [-0.05, 0) is 46.8 Å². The Morgan fingerprint density at radius 1 is 1.56 bits per heavy atom.